The van der Waals surface area contributed by atoms with Crippen molar-refractivity contribution in [2.45, 2.75) is 25.7 Å². The Morgan fingerprint density at radius 2 is 1.88 bits per heavy atom. The van der Waals surface area contributed by atoms with Crippen LogP contribution in [0.15, 0.2) is 0 Å². The average Bonchev–Trinajstić information content (AvgIpc) is 2.68. The van der Waals surface area contributed by atoms with Gasteiger partial charge in [-0.2, -0.15) is 0 Å². The summed E-state index contributed by atoms with van der Waals surface area (Å²) >= 11 is 0. The number of hydrogen-bond donors (Lipinski definition) is 2. The molecule has 1 unspecified atom stereocenters. The molecule has 0 bridgehead atoms. The standard InChI is InChI=1S/C12H24N2O.ClH/c15-8-4-12-3-7-14(10-12)9-11-1-5-13-6-2-11;/h11-13,15H,1-10H2;1H. The molecule has 2 rings (SSSR count). The lowest BCUT2D eigenvalue weighted by Gasteiger charge is -2.27. The lowest BCUT2D eigenvalue weighted by molar-refractivity contribution is 0.222. The third kappa shape index (κ3) is 4.21. The molecule has 3 nitrogen and oxygen atoms in total. The summed E-state index contributed by atoms with van der Waals surface area (Å²) in [6, 6.07) is 0. The minimum absolute atomic E-state index is 0. The van der Waals surface area contributed by atoms with Gasteiger partial charge in [-0.15, -0.1) is 12.4 Å². The van der Waals surface area contributed by atoms with Crippen LogP contribution in [0.2, 0.25) is 0 Å². The Balaban J connectivity index is 0.00000128. The molecule has 0 aromatic carbocycles. The van der Waals surface area contributed by atoms with Gasteiger partial charge in [-0.25, -0.2) is 0 Å². The Morgan fingerprint density at radius 3 is 2.56 bits per heavy atom. The van der Waals surface area contributed by atoms with Crippen LogP contribution in [0.25, 0.3) is 0 Å². The van der Waals surface area contributed by atoms with E-state index in [1.54, 1.807) is 0 Å². The maximum absolute atomic E-state index is 8.91. The molecule has 2 fully saturated rings. The van der Waals surface area contributed by atoms with Gasteiger partial charge in [0, 0.05) is 19.7 Å². The Labute approximate surface area is 105 Å². The highest BCUT2D eigenvalue weighted by atomic mass is 35.5. The maximum Gasteiger partial charge on any atom is 0.0434 e. The van der Waals surface area contributed by atoms with Crippen LogP contribution in [-0.2, 0) is 0 Å². The van der Waals surface area contributed by atoms with Gasteiger partial charge in [-0.05, 0) is 57.2 Å². The normalized spacial score (nSPS) is 27.9. The van der Waals surface area contributed by atoms with Crippen LogP contribution in [0.3, 0.4) is 0 Å². The van der Waals surface area contributed by atoms with Gasteiger partial charge in [0.05, 0.1) is 0 Å². The lowest BCUT2D eigenvalue weighted by atomic mass is 9.97. The molecule has 1 atom stereocenters. The van der Waals surface area contributed by atoms with Crippen molar-refractivity contribution in [3.05, 3.63) is 0 Å². The van der Waals surface area contributed by atoms with Gasteiger partial charge in [-0.3, -0.25) is 0 Å². The van der Waals surface area contributed by atoms with Crippen LogP contribution >= 0.6 is 12.4 Å². The van der Waals surface area contributed by atoms with E-state index in [-0.39, 0.29) is 12.4 Å². The second-order valence-corrected chi connectivity index (χ2v) is 5.12. The number of halogens is 1. The predicted octanol–water partition coefficient (Wildman–Crippen LogP) is 1.11. The topological polar surface area (TPSA) is 35.5 Å². The van der Waals surface area contributed by atoms with Crippen LogP contribution in [0.1, 0.15) is 25.7 Å². The van der Waals surface area contributed by atoms with E-state index in [1.807, 2.05) is 0 Å². The molecule has 2 saturated heterocycles. The highest BCUT2D eigenvalue weighted by Gasteiger charge is 2.24. The first kappa shape index (κ1) is 14.2. The number of likely N-dealkylation sites (tertiary alicyclic amines) is 1. The summed E-state index contributed by atoms with van der Waals surface area (Å²) in [6.07, 6.45) is 5.00. The summed E-state index contributed by atoms with van der Waals surface area (Å²) in [5.74, 6) is 1.68. The van der Waals surface area contributed by atoms with Crippen LogP contribution in [-0.4, -0.2) is 49.3 Å². The van der Waals surface area contributed by atoms with Crippen molar-refractivity contribution in [2.24, 2.45) is 11.8 Å². The average molecular weight is 249 g/mol. The van der Waals surface area contributed by atoms with E-state index >= 15 is 0 Å². The summed E-state index contributed by atoms with van der Waals surface area (Å²) < 4.78 is 0. The second-order valence-electron chi connectivity index (χ2n) is 5.12. The number of nitrogens with one attached hydrogen (secondary N) is 1. The van der Waals surface area contributed by atoms with Crippen molar-refractivity contribution in [1.29, 1.82) is 0 Å². The molecule has 2 aliphatic rings. The molecule has 0 aromatic heterocycles. The van der Waals surface area contributed by atoms with Crippen molar-refractivity contribution < 1.29 is 5.11 Å². The van der Waals surface area contributed by atoms with Crippen LogP contribution < -0.4 is 5.32 Å². The Kier molecular flexibility index (Phi) is 6.66. The Morgan fingerprint density at radius 1 is 1.12 bits per heavy atom. The molecule has 16 heavy (non-hydrogen) atoms. The van der Waals surface area contributed by atoms with Crippen LogP contribution in [0.5, 0.6) is 0 Å². The zero-order valence-corrected chi connectivity index (χ0v) is 10.8. The fourth-order valence-electron chi connectivity index (χ4n) is 2.93. The minimum atomic E-state index is 0. The molecule has 2 N–H and O–H groups in total. The number of aliphatic hydroxyl groups excluding tert-OH is 1. The van der Waals surface area contributed by atoms with Gasteiger partial charge in [0.25, 0.3) is 0 Å². The quantitative estimate of drug-likeness (QED) is 0.783. The van der Waals surface area contributed by atoms with Gasteiger partial charge in [0.15, 0.2) is 0 Å². The van der Waals surface area contributed by atoms with Gasteiger partial charge in [-0.1, -0.05) is 0 Å². The molecule has 0 amide bonds. The van der Waals surface area contributed by atoms with Crippen molar-refractivity contribution in [2.75, 3.05) is 39.3 Å². The van der Waals surface area contributed by atoms with Gasteiger partial charge in [0.2, 0.25) is 0 Å². The van der Waals surface area contributed by atoms with Gasteiger partial charge >= 0.3 is 0 Å². The number of aliphatic hydroxyl groups is 1. The number of piperidine rings is 1. The Hall–Kier alpha value is 0.170. The first-order valence-corrected chi connectivity index (χ1v) is 6.42. The number of hydrogen-bond acceptors (Lipinski definition) is 3. The van der Waals surface area contributed by atoms with E-state index in [2.05, 4.69) is 10.2 Å². The van der Waals surface area contributed by atoms with E-state index in [0.717, 1.165) is 18.3 Å². The van der Waals surface area contributed by atoms with Gasteiger partial charge in [0.1, 0.15) is 0 Å². The van der Waals surface area contributed by atoms with Crippen molar-refractivity contribution in [3.63, 3.8) is 0 Å². The summed E-state index contributed by atoms with van der Waals surface area (Å²) in [5, 5.41) is 12.3. The first-order valence-electron chi connectivity index (χ1n) is 6.42. The van der Waals surface area contributed by atoms with Crippen molar-refractivity contribution >= 4 is 12.4 Å². The molecule has 0 saturated carbocycles. The third-order valence-corrected chi connectivity index (χ3v) is 3.88. The SMILES string of the molecule is Cl.OCCC1CCN(CC2CCNCC2)C1. The van der Waals surface area contributed by atoms with E-state index in [1.165, 1.54) is 52.0 Å². The highest BCUT2D eigenvalue weighted by molar-refractivity contribution is 5.85. The van der Waals surface area contributed by atoms with E-state index in [4.69, 9.17) is 5.11 Å². The van der Waals surface area contributed by atoms with Crippen LogP contribution in [0, 0.1) is 11.8 Å². The molecule has 0 aliphatic carbocycles. The van der Waals surface area contributed by atoms with E-state index in [9.17, 15) is 0 Å². The Bertz CT molecular complexity index is 186. The predicted molar refractivity (Wildman–Crippen MR) is 69.1 cm³/mol. The zero-order valence-electron chi connectivity index (χ0n) is 10.0. The monoisotopic (exact) mass is 248 g/mol. The molecule has 96 valence electrons. The molecule has 0 aromatic rings. The van der Waals surface area contributed by atoms with Crippen molar-refractivity contribution in [3.8, 4) is 0 Å². The highest BCUT2D eigenvalue weighted by Crippen LogP contribution is 2.22. The molecular formula is C12H25ClN2O. The summed E-state index contributed by atoms with van der Waals surface area (Å²) in [5.41, 5.74) is 0. The third-order valence-electron chi connectivity index (χ3n) is 3.88. The fraction of sp³-hybridized carbons (Fsp3) is 1.00. The molecule has 2 aliphatic heterocycles. The number of nitrogens with zero attached hydrogens (tertiary/aromatic N) is 1. The summed E-state index contributed by atoms with van der Waals surface area (Å²) in [6.45, 7) is 6.56. The lowest BCUT2D eigenvalue weighted by Crippen LogP contribution is -2.35. The molecule has 4 heteroatoms. The molecule has 0 spiro atoms. The summed E-state index contributed by atoms with van der Waals surface area (Å²) in [4.78, 5) is 2.61. The van der Waals surface area contributed by atoms with E-state index in [0.29, 0.717) is 6.61 Å². The second kappa shape index (κ2) is 7.49. The fourth-order valence-corrected chi connectivity index (χ4v) is 2.93. The smallest absolute Gasteiger partial charge is 0.0434 e. The largest absolute Gasteiger partial charge is 0.396 e. The summed E-state index contributed by atoms with van der Waals surface area (Å²) in [7, 11) is 0. The van der Waals surface area contributed by atoms with Gasteiger partial charge < -0.3 is 15.3 Å². The van der Waals surface area contributed by atoms with Crippen LogP contribution in [0.4, 0.5) is 0 Å². The minimum Gasteiger partial charge on any atom is -0.396 e. The maximum atomic E-state index is 8.91. The number of rotatable bonds is 4. The molecule has 0 radical (unpaired) electrons. The first-order chi connectivity index (χ1) is 7.38. The molecule has 2 heterocycles. The van der Waals surface area contributed by atoms with E-state index < -0.39 is 0 Å². The van der Waals surface area contributed by atoms with Crippen molar-refractivity contribution in [1.82, 2.24) is 10.2 Å². The zero-order chi connectivity index (χ0) is 10.5. The molecular weight excluding hydrogens is 224 g/mol.